The zero-order valence-electron chi connectivity index (χ0n) is 16.8. The van der Waals surface area contributed by atoms with Crippen molar-refractivity contribution in [2.24, 2.45) is 0 Å². The number of carbonyl (C=O) groups is 2. The minimum absolute atomic E-state index is 0.0378. The fraction of sp³-hybridized carbons (Fsp3) is 0.364. The number of para-hydroxylation sites is 2. The molecule has 1 fully saturated rings. The largest absolute Gasteiger partial charge is 0.482 e. The Labute approximate surface area is 176 Å². The lowest BCUT2D eigenvalue weighted by Gasteiger charge is -2.34. The molecule has 0 atom stereocenters. The number of hydrogen-bond acceptors (Lipinski definition) is 4. The smallest absolute Gasteiger partial charge is 0.260 e. The van der Waals surface area contributed by atoms with Gasteiger partial charge in [-0.05, 0) is 37.1 Å². The Morgan fingerprint density at radius 1 is 1.00 bits per heavy atom. The molecule has 2 aromatic carbocycles. The summed E-state index contributed by atoms with van der Waals surface area (Å²) in [5, 5.41) is 3.50. The second kappa shape index (κ2) is 9.76. The minimum Gasteiger partial charge on any atom is -0.482 e. The van der Waals surface area contributed by atoms with Gasteiger partial charge in [-0.2, -0.15) is 0 Å². The first-order chi connectivity index (χ1) is 13.9. The number of aryl methyl sites for hydroxylation is 2. The summed E-state index contributed by atoms with van der Waals surface area (Å²) >= 11 is 6.04. The predicted octanol–water partition coefficient (Wildman–Crippen LogP) is 3.12. The van der Waals surface area contributed by atoms with Crippen LogP contribution >= 0.6 is 11.6 Å². The topological polar surface area (TPSA) is 61.9 Å². The van der Waals surface area contributed by atoms with Gasteiger partial charge in [-0.3, -0.25) is 14.5 Å². The van der Waals surface area contributed by atoms with Crippen molar-refractivity contribution in [2.75, 3.05) is 44.6 Å². The third-order valence-electron chi connectivity index (χ3n) is 5.03. The lowest BCUT2D eigenvalue weighted by molar-refractivity contribution is -0.135. The van der Waals surface area contributed by atoms with Crippen LogP contribution in [0.5, 0.6) is 5.75 Å². The van der Waals surface area contributed by atoms with Crippen LogP contribution in [0.4, 0.5) is 5.69 Å². The van der Waals surface area contributed by atoms with Crippen molar-refractivity contribution in [1.29, 1.82) is 0 Å². The number of halogens is 1. The number of ether oxygens (including phenoxy) is 1. The first-order valence-corrected chi connectivity index (χ1v) is 10.1. The van der Waals surface area contributed by atoms with Crippen molar-refractivity contribution in [1.82, 2.24) is 9.80 Å². The second-order valence-corrected chi connectivity index (χ2v) is 7.60. The maximum Gasteiger partial charge on any atom is 0.260 e. The van der Waals surface area contributed by atoms with E-state index in [-0.39, 0.29) is 18.4 Å². The molecule has 1 aliphatic rings. The zero-order valence-corrected chi connectivity index (χ0v) is 17.5. The molecule has 0 bridgehead atoms. The Morgan fingerprint density at radius 3 is 2.31 bits per heavy atom. The summed E-state index contributed by atoms with van der Waals surface area (Å²) < 4.78 is 5.53. The molecule has 154 valence electrons. The van der Waals surface area contributed by atoms with E-state index in [1.54, 1.807) is 17.0 Å². The Bertz CT molecular complexity index is 859. The van der Waals surface area contributed by atoms with Crippen LogP contribution in [0.15, 0.2) is 42.5 Å². The first-order valence-electron chi connectivity index (χ1n) is 9.67. The number of benzene rings is 2. The van der Waals surface area contributed by atoms with E-state index in [1.807, 2.05) is 44.2 Å². The van der Waals surface area contributed by atoms with Gasteiger partial charge in [-0.15, -0.1) is 0 Å². The average molecular weight is 416 g/mol. The quantitative estimate of drug-likeness (QED) is 0.787. The number of rotatable bonds is 6. The molecule has 29 heavy (non-hydrogen) atoms. The number of amides is 2. The van der Waals surface area contributed by atoms with Gasteiger partial charge in [0.2, 0.25) is 5.91 Å². The highest BCUT2D eigenvalue weighted by molar-refractivity contribution is 6.32. The van der Waals surface area contributed by atoms with Crippen molar-refractivity contribution in [3.8, 4) is 5.75 Å². The number of piperazine rings is 1. The van der Waals surface area contributed by atoms with E-state index in [4.69, 9.17) is 16.3 Å². The summed E-state index contributed by atoms with van der Waals surface area (Å²) in [4.78, 5) is 28.6. The zero-order chi connectivity index (χ0) is 20.8. The second-order valence-electron chi connectivity index (χ2n) is 7.19. The van der Waals surface area contributed by atoms with Gasteiger partial charge >= 0.3 is 0 Å². The molecule has 3 rings (SSSR count). The molecule has 1 heterocycles. The van der Waals surface area contributed by atoms with Crippen LogP contribution in [0.2, 0.25) is 5.02 Å². The van der Waals surface area contributed by atoms with Crippen LogP contribution in [0.25, 0.3) is 0 Å². The monoisotopic (exact) mass is 415 g/mol. The molecule has 2 amide bonds. The summed E-state index contributed by atoms with van der Waals surface area (Å²) in [5.41, 5.74) is 2.97. The van der Waals surface area contributed by atoms with E-state index in [9.17, 15) is 9.59 Å². The summed E-state index contributed by atoms with van der Waals surface area (Å²) in [7, 11) is 0. The Hall–Kier alpha value is -2.57. The molecule has 0 saturated carbocycles. The van der Waals surface area contributed by atoms with Gasteiger partial charge in [0, 0.05) is 31.9 Å². The Balaban J connectivity index is 1.43. The van der Waals surface area contributed by atoms with Crippen LogP contribution in [-0.2, 0) is 9.59 Å². The molecule has 0 aliphatic carbocycles. The fourth-order valence-corrected chi connectivity index (χ4v) is 3.53. The van der Waals surface area contributed by atoms with E-state index >= 15 is 0 Å². The highest BCUT2D eigenvalue weighted by Crippen LogP contribution is 2.23. The van der Waals surface area contributed by atoms with E-state index in [2.05, 4.69) is 10.2 Å². The van der Waals surface area contributed by atoms with E-state index in [0.717, 1.165) is 16.8 Å². The molecular weight excluding hydrogens is 390 g/mol. The van der Waals surface area contributed by atoms with Crippen LogP contribution in [-0.4, -0.2) is 60.9 Å². The maximum absolute atomic E-state index is 12.4. The fourth-order valence-electron chi connectivity index (χ4n) is 3.34. The SMILES string of the molecule is Cc1cccc(C)c1NC(=O)CN1CCN(C(=O)COc2ccccc2Cl)CC1. The van der Waals surface area contributed by atoms with E-state index < -0.39 is 0 Å². The first kappa shape index (κ1) is 21.1. The third-order valence-corrected chi connectivity index (χ3v) is 5.34. The van der Waals surface area contributed by atoms with Crippen molar-refractivity contribution in [3.05, 3.63) is 58.6 Å². The lowest BCUT2D eigenvalue weighted by atomic mass is 10.1. The van der Waals surface area contributed by atoms with Crippen LogP contribution in [0.1, 0.15) is 11.1 Å². The van der Waals surface area contributed by atoms with Crippen LogP contribution in [0, 0.1) is 13.8 Å². The van der Waals surface area contributed by atoms with Gasteiger partial charge in [0.15, 0.2) is 6.61 Å². The summed E-state index contributed by atoms with van der Waals surface area (Å²) in [6.07, 6.45) is 0. The Kier molecular flexibility index (Phi) is 7.12. The molecule has 2 aromatic rings. The van der Waals surface area contributed by atoms with Gasteiger partial charge in [0.25, 0.3) is 5.91 Å². The standard InChI is InChI=1S/C22H26ClN3O3/c1-16-6-5-7-17(2)22(16)24-20(27)14-25-10-12-26(13-11-25)21(28)15-29-19-9-4-3-8-18(19)23/h3-9H,10-15H2,1-2H3,(H,24,27). The molecule has 1 N–H and O–H groups in total. The number of nitrogens with zero attached hydrogens (tertiary/aromatic N) is 2. The predicted molar refractivity (Wildman–Crippen MR) is 115 cm³/mol. The van der Waals surface area contributed by atoms with Gasteiger partial charge < -0.3 is 15.0 Å². The van der Waals surface area contributed by atoms with E-state index in [0.29, 0.717) is 43.5 Å². The van der Waals surface area contributed by atoms with Crippen molar-refractivity contribution >= 4 is 29.1 Å². The average Bonchev–Trinajstić information content (AvgIpc) is 2.70. The van der Waals surface area contributed by atoms with Crippen molar-refractivity contribution < 1.29 is 14.3 Å². The van der Waals surface area contributed by atoms with Gasteiger partial charge in [0.05, 0.1) is 11.6 Å². The van der Waals surface area contributed by atoms with Gasteiger partial charge in [0.1, 0.15) is 5.75 Å². The Morgan fingerprint density at radius 2 is 1.66 bits per heavy atom. The maximum atomic E-state index is 12.4. The molecule has 0 aromatic heterocycles. The third kappa shape index (κ3) is 5.71. The van der Waals surface area contributed by atoms with Crippen molar-refractivity contribution in [3.63, 3.8) is 0 Å². The molecule has 0 radical (unpaired) electrons. The molecular formula is C22H26ClN3O3. The number of nitrogens with one attached hydrogen (secondary N) is 1. The number of carbonyl (C=O) groups excluding carboxylic acids is 2. The molecule has 7 heteroatoms. The molecule has 1 aliphatic heterocycles. The highest BCUT2D eigenvalue weighted by Gasteiger charge is 2.23. The van der Waals surface area contributed by atoms with Crippen LogP contribution < -0.4 is 10.1 Å². The summed E-state index contributed by atoms with van der Waals surface area (Å²) in [6.45, 7) is 6.68. The normalized spacial score (nSPS) is 14.5. The summed E-state index contributed by atoms with van der Waals surface area (Å²) in [5.74, 6) is 0.387. The molecule has 0 unspecified atom stereocenters. The lowest BCUT2D eigenvalue weighted by Crippen LogP contribution is -2.51. The van der Waals surface area contributed by atoms with E-state index in [1.165, 1.54) is 0 Å². The minimum atomic E-state index is -0.0791. The number of anilines is 1. The number of hydrogen-bond donors (Lipinski definition) is 1. The summed E-state index contributed by atoms with van der Waals surface area (Å²) in [6, 6.07) is 13.0. The van der Waals surface area contributed by atoms with Crippen molar-refractivity contribution in [2.45, 2.75) is 13.8 Å². The highest BCUT2D eigenvalue weighted by atomic mass is 35.5. The molecule has 1 saturated heterocycles. The molecule has 6 nitrogen and oxygen atoms in total. The van der Waals surface area contributed by atoms with Crippen LogP contribution in [0.3, 0.4) is 0 Å². The van der Waals surface area contributed by atoms with Gasteiger partial charge in [-0.1, -0.05) is 41.9 Å². The van der Waals surface area contributed by atoms with Gasteiger partial charge in [-0.25, -0.2) is 0 Å². The molecule has 0 spiro atoms.